The second-order valence-corrected chi connectivity index (χ2v) is 6.41. The highest BCUT2D eigenvalue weighted by atomic mass is 16.6. The van der Waals surface area contributed by atoms with Crippen LogP contribution < -0.4 is 10.1 Å². The lowest BCUT2D eigenvalue weighted by Gasteiger charge is -2.12. The van der Waals surface area contributed by atoms with E-state index < -0.39 is 11.9 Å². The number of carbonyl (C=O) groups is 2. The molecule has 0 aliphatic heterocycles. The maximum Gasteiger partial charge on any atom is 0.344 e. The normalized spacial score (nSPS) is 10.2. The molecule has 0 saturated heterocycles. The predicted octanol–water partition coefficient (Wildman–Crippen LogP) is 4.48. The second kappa shape index (κ2) is 10.1. The van der Waals surface area contributed by atoms with E-state index in [2.05, 4.69) is 12.2 Å². The van der Waals surface area contributed by atoms with Gasteiger partial charge in [-0.05, 0) is 35.7 Å². The summed E-state index contributed by atoms with van der Waals surface area (Å²) in [5.74, 6) is -0.425. The molecule has 0 spiro atoms. The summed E-state index contributed by atoms with van der Waals surface area (Å²) in [7, 11) is 0. The van der Waals surface area contributed by atoms with Gasteiger partial charge in [0.2, 0.25) is 0 Å². The molecule has 0 heterocycles. The smallest absolute Gasteiger partial charge is 0.344 e. The van der Waals surface area contributed by atoms with Crippen LogP contribution in [-0.4, -0.2) is 25.1 Å². The highest BCUT2D eigenvalue weighted by Gasteiger charge is 2.11. The first kappa shape index (κ1) is 20.1. The van der Waals surface area contributed by atoms with Crippen LogP contribution in [0.5, 0.6) is 5.75 Å². The molecule has 3 aromatic carbocycles. The van der Waals surface area contributed by atoms with Gasteiger partial charge in [0.05, 0.1) is 0 Å². The number of rotatable bonds is 8. The zero-order valence-electron chi connectivity index (χ0n) is 16.3. The van der Waals surface area contributed by atoms with Crippen molar-refractivity contribution in [2.45, 2.75) is 13.3 Å². The quantitative estimate of drug-likeness (QED) is 0.577. The third-order valence-electron chi connectivity index (χ3n) is 4.34. The third kappa shape index (κ3) is 5.94. The van der Waals surface area contributed by atoms with Crippen LogP contribution in [0.3, 0.4) is 0 Å². The van der Waals surface area contributed by atoms with E-state index in [4.69, 9.17) is 9.47 Å². The van der Waals surface area contributed by atoms with Crippen LogP contribution in [0.25, 0.3) is 11.1 Å². The maximum absolute atomic E-state index is 12.2. The molecule has 1 amide bonds. The minimum atomic E-state index is -0.601. The Labute approximate surface area is 170 Å². The highest BCUT2D eigenvalue weighted by molar-refractivity contribution is 5.96. The number of hydrogen-bond donors (Lipinski definition) is 1. The monoisotopic (exact) mass is 389 g/mol. The number of amides is 1. The summed E-state index contributed by atoms with van der Waals surface area (Å²) >= 11 is 0. The maximum atomic E-state index is 12.2. The molecule has 148 valence electrons. The largest absolute Gasteiger partial charge is 0.482 e. The van der Waals surface area contributed by atoms with E-state index in [0.717, 1.165) is 17.5 Å². The number of nitrogens with one attached hydrogen (secondary N) is 1. The van der Waals surface area contributed by atoms with Gasteiger partial charge in [0.15, 0.2) is 13.2 Å². The molecule has 5 nitrogen and oxygen atoms in total. The first-order valence-electron chi connectivity index (χ1n) is 9.47. The number of benzene rings is 3. The molecule has 3 aromatic rings. The molecule has 5 heteroatoms. The van der Waals surface area contributed by atoms with Crippen LogP contribution in [0, 0.1) is 0 Å². The molecule has 0 atom stereocenters. The molecule has 29 heavy (non-hydrogen) atoms. The Morgan fingerprint density at radius 3 is 2.24 bits per heavy atom. The predicted molar refractivity (Wildman–Crippen MR) is 113 cm³/mol. The van der Waals surface area contributed by atoms with Crippen LogP contribution in [0.1, 0.15) is 12.5 Å². The highest BCUT2D eigenvalue weighted by Crippen LogP contribution is 2.27. The Hall–Kier alpha value is -3.60. The van der Waals surface area contributed by atoms with Gasteiger partial charge in [0.1, 0.15) is 5.75 Å². The molecular formula is C24H23NO4. The fraction of sp³-hybridized carbons (Fsp3) is 0.167. The fourth-order valence-electron chi connectivity index (χ4n) is 2.80. The topological polar surface area (TPSA) is 64.6 Å². The number of hydrogen-bond acceptors (Lipinski definition) is 4. The minimum Gasteiger partial charge on any atom is -0.482 e. The number of carbonyl (C=O) groups excluding carboxylic acids is 2. The lowest BCUT2D eigenvalue weighted by molar-refractivity contribution is -0.149. The van der Waals surface area contributed by atoms with E-state index in [0.29, 0.717) is 11.4 Å². The zero-order chi connectivity index (χ0) is 20.5. The molecule has 0 saturated carbocycles. The molecule has 0 aliphatic rings. The summed E-state index contributed by atoms with van der Waals surface area (Å²) in [5.41, 5.74) is 3.73. The first-order chi connectivity index (χ1) is 14.2. The van der Waals surface area contributed by atoms with Gasteiger partial charge < -0.3 is 14.8 Å². The average molecular weight is 389 g/mol. The van der Waals surface area contributed by atoms with Gasteiger partial charge in [-0.15, -0.1) is 0 Å². The van der Waals surface area contributed by atoms with E-state index in [1.54, 1.807) is 12.1 Å². The van der Waals surface area contributed by atoms with Gasteiger partial charge in [0.25, 0.3) is 5.91 Å². The van der Waals surface area contributed by atoms with Gasteiger partial charge in [-0.25, -0.2) is 4.79 Å². The van der Waals surface area contributed by atoms with Crippen LogP contribution in [0.4, 0.5) is 5.69 Å². The van der Waals surface area contributed by atoms with Crippen molar-refractivity contribution in [3.63, 3.8) is 0 Å². The number of ether oxygens (including phenoxy) is 2. The molecule has 0 aliphatic carbocycles. The third-order valence-corrected chi connectivity index (χ3v) is 4.34. The average Bonchev–Trinajstić information content (AvgIpc) is 2.77. The summed E-state index contributed by atoms with van der Waals surface area (Å²) in [4.78, 5) is 24.1. The van der Waals surface area contributed by atoms with Crippen molar-refractivity contribution in [2.75, 3.05) is 18.5 Å². The molecule has 0 fully saturated rings. The van der Waals surface area contributed by atoms with Crippen molar-refractivity contribution in [2.24, 2.45) is 0 Å². The zero-order valence-corrected chi connectivity index (χ0v) is 16.3. The molecular weight excluding hydrogens is 366 g/mol. The van der Waals surface area contributed by atoms with E-state index in [-0.39, 0.29) is 13.2 Å². The van der Waals surface area contributed by atoms with E-state index in [9.17, 15) is 9.59 Å². The van der Waals surface area contributed by atoms with Crippen LogP contribution in [0.15, 0.2) is 78.9 Å². The standard InChI is InChI=1S/C24H23NO4/c1-2-18-12-14-20(15-13-18)28-17-24(27)29-16-23(26)25-22-11-7-6-10-21(22)19-8-4-3-5-9-19/h3-15H,2,16-17H2,1H3,(H,25,26). The SMILES string of the molecule is CCc1ccc(OCC(=O)OCC(=O)Nc2ccccc2-c2ccccc2)cc1. The molecule has 0 bridgehead atoms. The number of anilines is 1. The lowest BCUT2D eigenvalue weighted by Crippen LogP contribution is -2.23. The number of esters is 1. The van der Waals surface area contributed by atoms with Crippen molar-refractivity contribution < 1.29 is 19.1 Å². The van der Waals surface area contributed by atoms with E-state index in [1.165, 1.54) is 5.56 Å². The Balaban J connectivity index is 1.49. The van der Waals surface area contributed by atoms with Crippen molar-refractivity contribution in [1.82, 2.24) is 0 Å². The van der Waals surface area contributed by atoms with Crippen LogP contribution in [0.2, 0.25) is 0 Å². The summed E-state index contributed by atoms with van der Waals surface area (Å²) in [6.07, 6.45) is 0.935. The second-order valence-electron chi connectivity index (χ2n) is 6.41. The van der Waals surface area contributed by atoms with Crippen molar-refractivity contribution in [3.8, 4) is 16.9 Å². The molecule has 0 aromatic heterocycles. The minimum absolute atomic E-state index is 0.251. The van der Waals surface area contributed by atoms with Crippen LogP contribution in [-0.2, 0) is 20.7 Å². The molecule has 0 radical (unpaired) electrons. The van der Waals surface area contributed by atoms with Crippen molar-refractivity contribution in [3.05, 3.63) is 84.4 Å². The fourth-order valence-corrected chi connectivity index (χ4v) is 2.80. The Bertz CT molecular complexity index is 952. The Morgan fingerprint density at radius 2 is 1.52 bits per heavy atom. The van der Waals surface area contributed by atoms with Crippen molar-refractivity contribution >= 4 is 17.6 Å². The van der Waals surface area contributed by atoms with E-state index in [1.807, 2.05) is 66.7 Å². The Morgan fingerprint density at radius 1 is 0.828 bits per heavy atom. The van der Waals surface area contributed by atoms with Crippen molar-refractivity contribution in [1.29, 1.82) is 0 Å². The summed E-state index contributed by atoms with van der Waals surface area (Å²) < 4.78 is 10.4. The Kier molecular flexibility index (Phi) is 7.00. The molecule has 1 N–H and O–H groups in total. The van der Waals surface area contributed by atoms with Gasteiger partial charge >= 0.3 is 5.97 Å². The summed E-state index contributed by atoms with van der Waals surface area (Å²) in [5, 5.41) is 2.79. The number of para-hydroxylation sites is 1. The van der Waals surface area contributed by atoms with E-state index >= 15 is 0 Å². The summed E-state index contributed by atoms with van der Waals surface area (Å²) in [6, 6.07) is 24.7. The lowest BCUT2D eigenvalue weighted by atomic mass is 10.0. The van der Waals surface area contributed by atoms with Gasteiger partial charge in [-0.2, -0.15) is 0 Å². The van der Waals surface area contributed by atoms with Crippen LogP contribution >= 0.6 is 0 Å². The van der Waals surface area contributed by atoms with Gasteiger partial charge in [0, 0.05) is 11.3 Å². The molecule has 0 unspecified atom stereocenters. The van der Waals surface area contributed by atoms with Gasteiger partial charge in [-0.3, -0.25) is 4.79 Å². The first-order valence-corrected chi connectivity index (χ1v) is 9.47. The summed E-state index contributed by atoms with van der Waals surface area (Å²) in [6.45, 7) is 1.44. The van der Waals surface area contributed by atoms with Gasteiger partial charge in [-0.1, -0.05) is 67.6 Å². The molecule has 3 rings (SSSR count). The number of aryl methyl sites for hydroxylation is 1.